The molecule has 0 radical (unpaired) electrons. The van der Waals surface area contributed by atoms with Crippen molar-refractivity contribution in [2.45, 2.75) is 133 Å². The van der Waals surface area contributed by atoms with E-state index in [0.717, 1.165) is 0 Å². The summed E-state index contributed by atoms with van der Waals surface area (Å²) in [6.45, 7) is 3.78. The molecule has 3 saturated carbocycles. The minimum atomic E-state index is -4.68. The molecule has 0 saturated heterocycles. The molecule has 6 heteroatoms. The SMILES string of the molecule is CC(C)[O][Ti]([OH])([OH])[O][Si](C1CCCCC1)(C1CCCCC1)C1CCCCC1. The van der Waals surface area contributed by atoms with E-state index < -0.39 is 26.5 Å². The van der Waals surface area contributed by atoms with Gasteiger partial charge in [-0.25, -0.2) is 0 Å². The molecular formula is C21H42O4SiTi. The van der Waals surface area contributed by atoms with Crippen molar-refractivity contribution in [3.63, 3.8) is 0 Å². The van der Waals surface area contributed by atoms with Gasteiger partial charge in [-0.15, -0.1) is 0 Å². The summed E-state index contributed by atoms with van der Waals surface area (Å²) < 4.78 is 34.3. The first-order valence-electron chi connectivity index (χ1n) is 11.8. The third kappa shape index (κ3) is 5.68. The molecule has 27 heavy (non-hydrogen) atoms. The predicted octanol–water partition coefficient (Wildman–Crippen LogP) is 6.17. The molecule has 2 N–H and O–H groups in total. The van der Waals surface area contributed by atoms with E-state index in [1.165, 1.54) is 96.3 Å². The van der Waals surface area contributed by atoms with Gasteiger partial charge in [-0.3, -0.25) is 0 Å². The first kappa shape index (κ1) is 22.5. The van der Waals surface area contributed by atoms with E-state index in [4.69, 9.17) is 6.33 Å². The Kier molecular flexibility index (Phi) is 8.48. The summed E-state index contributed by atoms with van der Waals surface area (Å²) in [5.41, 5.74) is 1.83. The molecule has 0 spiro atoms. The Morgan fingerprint density at radius 2 is 1.00 bits per heavy atom. The average Bonchev–Trinajstić information content (AvgIpc) is 2.67. The van der Waals surface area contributed by atoms with Crippen molar-refractivity contribution >= 4 is 8.32 Å². The van der Waals surface area contributed by atoms with Gasteiger partial charge in [0.05, 0.1) is 0 Å². The molecule has 0 unspecified atom stereocenters. The van der Waals surface area contributed by atoms with Crippen molar-refractivity contribution in [2.75, 3.05) is 0 Å². The fraction of sp³-hybridized carbons (Fsp3) is 1.00. The van der Waals surface area contributed by atoms with E-state index in [1.54, 1.807) is 0 Å². The summed E-state index contributed by atoms with van der Waals surface area (Å²) in [7, 11) is -2.34. The van der Waals surface area contributed by atoms with Crippen molar-refractivity contribution in [2.24, 2.45) is 0 Å². The molecule has 0 atom stereocenters. The van der Waals surface area contributed by atoms with Crippen molar-refractivity contribution in [1.29, 1.82) is 0 Å². The van der Waals surface area contributed by atoms with Crippen LogP contribution in [0, 0.1) is 0 Å². The minimum absolute atomic E-state index is 0.184. The van der Waals surface area contributed by atoms with Crippen LogP contribution in [0.25, 0.3) is 0 Å². The second-order valence-corrected chi connectivity index (χ2v) is 17.1. The monoisotopic (exact) mass is 434 g/mol. The summed E-state index contributed by atoms with van der Waals surface area (Å²) in [4.78, 5) is 0. The van der Waals surface area contributed by atoms with Crippen LogP contribution in [0.2, 0.25) is 16.6 Å². The number of rotatable bonds is 7. The molecule has 0 aromatic carbocycles. The zero-order valence-corrected chi connectivity index (χ0v) is 20.2. The van der Waals surface area contributed by atoms with Crippen LogP contribution in [0.1, 0.15) is 110 Å². The van der Waals surface area contributed by atoms with Crippen molar-refractivity contribution < 1.29 is 31.8 Å². The van der Waals surface area contributed by atoms with Gasteiger partial charge < -0.3 is 0 Å². The van der Waals surface area contributed by atoms with Crippen LogP contribution in [0.3, 0.4) is 0 Å². The van der Waals surface area contributed by atoms with Gasteiger partial charge in [0.2, 0.25) is 0 Å². The Balaban J connectivity index is 1.96. The molecule has 3 fully saturated rings. The predicted molar refractivity (Wildman–Crippen MR) is 108 cm³/mol. The Hall–Kier alpha value is 0.771. The maximum absolute atomic E-state index is 10.9. The van der Waals surface area contributed by atoms with Gasteiger partial charge >= 0.3 is 173 Å². The fourth-order valence-corrected chi connectivity index (χ4v) is 19.1. The molecule has 0 aliphatic heterocycles. The van der Waals surface area contributed by atoms with E-state index in [9.17, 15) is 7.38 Å². The van der Waals surface area contributed by atoms with Crippen LogP contribution in [0.5, 0.6) is 0 Å². The summed E-state index contributed by atoms with van der Waals surface area (Å²) >= 11 is -4.68. The van der Waals surface area contributed by atoms with Crippen molar-refractivity contribution in [1.82, 2.24) is 0 Å². The Morgan fingerprint density at radius 3 is 1.30 bits per heavy atom. The van der Waals surface area contributed by atoms with Crippen LogP contribution >= 0.6 is 0 Å². The second-order valence-electron chi connectivity index (χ2n) is 9.68. The third-order valence-corrected chi connectivity index (χ3v) is 17.7. The summed E-state index contributed by atoms with van der Waals surface area (Å²) in [6, 6.07) is 0. The number of hydrogen-bond donors (Lipinski definition) is 2. The van der Waals surface area contributed by atoms with Gasteiger partial charge in [-0.05, 0) is 0 Å². The second kappa shape index (κ2) is 10.2. The average molecular weight is 435 g/mol. The van der Waals surface area contributed by atoms with Crippen LogP contribution in [0.4, 0.5) is 0 Å². The van der Waals surface area contributed by atoms with E-state index in [0.29, 0.717) is 16.6 Å². The number of hydrogen-bond acceptors (Lipinski definition) is 4. The summed E-state index contributed by atoms with van der Waals surface area (Å²) in [5, 5.41) is 0. The summed E-state index contributed by atoms with van der Waals surface area (Å²) in [6.07, 6.45) is 19.1. The van der Waals surface area contributed by atoms with Crippen LogP contribution in [0.15, 0.2) is 0 Å². The van der Waals surface area contributed by atoms with E-state index in [-0.39, 0.29) is 6.10 Å². The van der Waals surface area contributed by atoms with Gasteiger partial charge in [0.1, 0.15) is 0 Å². The molecule has 4 nitrogen and oxygen atoms in total. The Labute approximate surface area is 172 Å². The molecule has 0 bridgehead atoms. The van der Waals surface area contributed by atoms with Gasteiger partial charge in [-0.2, -0.15) is 0 Å². The molecule has 0 aromatic heterocycles. The van der Waals surface area contributed by atoms with E-state index in [1.807, 2.05) is 13.8 Å². The van der Waals surface area contributed by atoms with Crippen LogP contribution in [-0.4, -0.2) is 21.8 Å². The normalized spacial score (nSPS) is 25.2. The van der Waals surface area contributed by atoms with E-state index >= 15 is 0 Å². The first-order valence-corrected chi connectivity index (χ1v) is 16.6. The van der Waals surface area contributed by atoms with E-state index in [2.05, 4.69) is 0 Å². The molecule has 158 valence electrons. The topological polar surface area (TPSA) is 58.9 Å². The third-order valence-electron chi connectivity index (χ3n) is 7.43. The molecule has 3 aliphatic carbocycles. The quantitative estimate of drug-likeness (QED) is 0.470. The van der Waals surface area contributed by atoms with Gasteiger partial charge in [0, 0.05) is 0 Å². The van der Waals surface area contributed by atoms with Crippen LogP contribution in [-0.2, 0) is 24.5 Å². The van der Waals surface area contributed by atoms with Gasteiger partial charge in [0.15, 0.2) is 0 Å². The molecule has 0 heterocycles. The Bertz CT molecular complexity index is 396. The molecule has 0 amide bonds. The molecule has 3 aliphatic rings. The summed E-state index contributed by atoms with van der Waals surface area (Å²) in [5.74, 6) is 0. The van der Waals surface area contributed by atoms with Gasteiger partial charge in [0.25, 0.3) is 0 Å². The standard InChI is InChI=1S/C18H33OSi.C3H7O.2H2O.Ti/c19-20(16-10-4-1-5-11-16,17-12-6-2-7-13-17)18-14-8-3-9-15-18;1-3(2)4;;;/h16-18H,1-15H2;3H,1-2H3;2*1H2;/q2*-1;;;+4/p-2. The van der Waals surface area contributed by atoms with Gasteiger partial charge in [-0.1, -0.05) is 0 Å². The van der Waals surface area contributed by atoms with Crippen molar-refractivity contribution in [3.8, 4) is 0 Å². The molecule has 0 aromatic rings. The molecule has 3 rings (SSSR count). The van der Waals surface area contributed by atoms with Crippen molar-refractivity contribution in [3.05, 3.63) is 0 Å². The maximum atomic E-state index is 10.9. The first-order chi connectivity index (χ1) is 12.9. The zero-order valence-electron chi connectivity index (χ0n) is 17.6. The fourth-order valence-electron chi connectivity index (χ4n) is 6.47. The van der Waals surface area contributed by atoms with Crippen LogP contribution < -0.4 is 0 Å². The zero-order chi connectivity index (χ0) is 19.3. The Morgan fingerprint density at radius 1 is 0.667 bits per heavy atom. The molecular weight excluding hydrogens is 392 g/mol.